The first kappa shape index (κ1) is 25.0. The highest BCUT2D eigenvalue weighted by Crippen LogP contribution is 2.30. The molecule has 0 saturated carbocycles. The van der Waals surface area contributed by atoms with E-state index >= 15 is 0 Å². The third-order valence-electron chi connectivity index (χ3n) is 5.59. The van der Waals surface area contributed by atoms with Crippen LogP contribution < -0.4 is 22.3 Å². The van der Waals surface area contributed by atoms with Crippen LogP contribution >= 0.6 is 11.6 Å². The van der Waals surface area contributed by atoms with Crippen molar-refractivity contribution in [1.82, 2.24) is 24.1 Å². The van der Waals surface area contributed by atoms with E-state index in [2.05, 4.69) is 20.3 Å². The van der Waals surface area contributed by atoms with Crippen molar-refractivity contribution in [2.24, 2.45) is 0 Å². The lowest BCUT2D eigenvalue weighted by Crippen LogP contribution is -2.43. The Kier molecular flexibility index (Phi) is 6.36. The fraction of sp³-hybridized carbons (Fsp3) is 0.125. The lowest BCUT2D eigenvalue weighted by Gasteiger charge is -2.16. The summed E-state index contributed by atoms with van der Waals surface area (Å²) in [5, 5.41) is 2.92. The normalized spacial score (nSPS) is 11.3. The maximum absolute atomic E-state index is 13.9. The molecule has 0 aliphatic rings. The van der Waals surface area contributed by atoms with Gasteiger partial charge in [0.05, 0.1) is 23.8 Å². The van der Waals surface area contributed by atoms with E-state index < -0.39 is 47.5 Å². The van der Waals surface area contributed by atoms with E-state index in [0.717, 1.165) is 4.57 Å². The zero-order valence-corrected chi connectivity index (χ0v) is 20.1. The van der Waals surface area contributed by atoms with Crippen molar-refractivity contribution in [3.8, 4) is 0 Å². The molecule has 0 radical (unpaired) electrons. The molecule has 5 rings (SSSR count). The molecular weight excluding hydrogens is 529 g/mol. The minimum atomic E-state index is -1.67. The van der Waals surface area contributed by atoms with Crippen LogP contribution in [0.1, 0.15) is 17.0 Å². The topological polar surface area (TPSA) is 128 Å². The van der Waals surface area contributed by atoms with Gasteiger partial charge in [-0.15, -0.1) is 0 Å². The minimum absolute atomic E-state index is 0.0915. The second kappa shape index (κ2) is 9.67. The summed E-state index contributed by atoms with van der Waals surface area (Å²) < 4.78 is 48.4. The van der Waals surface area contributed by atoms with Crippen molar-refractivity contribution in [1.29, 1.82) is 0 Å². The fourth-order valence-electron chi connectivity index (χ4n) is 3.82. The first-order valence-corrected chi connectivity index (χ1v) is 11.3. The number of aromatic amines is 1. The quantitative estimate of drug-likeness (QED) is 0.313. The van der Waals surface area contributed by atoms with Crippen LogP contribution in [0, 0.1) is 24.4 Å². The number of hydrogen-bond acceptors (Lipinski definition) is 7. The molecule has 38 heavy (non-hydrogen) atoms. The summed E-state index contributed by atoms with van der Waals surface area (Å²) in [6, 6.07) is 7.31. The van der Waals surface area contributed by atoms with E-state index in [1.54, 1.807) is 6.92 Å². The summed E-state index contributed by atoms with van der Waals surface area (Å²) >= 11 is 6.35. The van der Waals surface area contributed by atoms with Crippen LogP contribution in [0.25, 0.3) is 11.1 Å². The highest BCUT2D eigenvalue weighted by atomic mass is 35.5. The van der Waals surface area contributed by atoms with Gasteiger partial charge in [-0.25, -0.2) is 32.3 Å². The van der Waals surface area contributed by atoms with Crippen LogP contribution in [0.5, 0.6) is 0 Å². The Balaban J connectivity index is 1.65. The fourth-order valence-corrected chi connectivity index (χ4v) is 4.02. The monoisotopic (exact) mass is 544 g/mol. The van der Waals surface area contributed by atoms with E-state index in [-0.39, 0.29) is 27.8 Å². The number of fused-ring (bicyclic) bond motifs is 1. The Bertz CT molecular complexity index is 1870. The Labute approximate surface area is 215 Å². The van der Waals surface area contributed by atoms with Gasteiger partial charge in [0.15, 0.2) is 28.9 Å². The van der Waals surface area contributed by atoms with Gasteiger partial charge in [0.2, 0.25) is 5.95 Å². The Morgan fingerprint density at radius 3 is 2.47 bits per heavy atom. The number of H-pyrrole nitrogens is 1. The number of pyridine rings is 1. The number of anilines is 2. The molecule has 0 spiro atoms. The van der Waals surface area contributed by atoms with Gasteiger partial charge in [0.1, 0.15) is 5.52 Å². The molecule has 0 bridgehead atoms. The van der Waals surface area contributed by atoms with Gasteiger partial charge in [-0.05, 0) is 29.8 Å². The SMILES string of the molecule is Cc1nc2cc(Cl)c(Nc3nc(=O)n(Cc4ccc[nH]c4=O)c(=O)n3Cc3cc(F)c(F)c(F)c3)cc2o1. The molecule has 0 amide bonds. The number of aryl methyl sites for hydroxylation is 1. The molecule has 2 aromatic carbocycles. The van der Waals surface area contributed by atoms with Crippen molar-refractivity contribution >= 4 is 34.3 Å². The zero-order valence-electron chi connectivity index (χ0n) is 19.4. The molecule has 5 aromatic rings. The third kappa shape index (κ3) is 4.70. The largest absolute Gasteiger partial charge is 0.441 e. The van der Waals surface area contributed by atoms with Crippen molar-refractivity contribution in [2.75, 3.05) is 5.32 Å². The highest BCUT2D eigenvalue weighted by Gasteiger charge is 2.19. The highest BCUT2D eigenvalue weighted by molar-refractivity contribution is 6.34. The van der Waals surface area contributed by atoms with Gasteiger partial charge < -0.3 is 14.7 Å². The summed E-state index contributed by atoms with van der Waals surface area (Å²) in [6.45, 7) is 0.685. The lowest BCUT2D eigenvalue weighted by molar-refractivity contribution is 0.444. The summed E-state index contributed by atoms with van der Waals surface area (Å²) in [7, 11) is 0. The van der Waals surface area contributed by atoms with Gasteiger partial charge in [-0.2, -0.15) is 4.98 Å². The second-order valence-electron chi connectivity index (χ2n) is 8.23. The molecule has 0 aliphatic carbocycles. The second-order valence-corrected chi connectivity index (χ2v) is 8.64. The lowest BCUT2D eigenvalue weighted by atomic mass is 10.2. The Hall–Kier alpha value is -4.65. The van der Waals surface area contributed by atoms with E-state index in [9.17, 15) is 27.6 Å². The van der Waals surface area contributed by atoms with Crippen LogP contribution in [0.15, 0.2) is 61.4 Å². The molecule has 14 heteroatoms. The smallest absolute Gasteiger partial charge is 0.355 e. The van der Waals surface area contributed by atoms with E-state index in [1.807, 2.05) is 0 Å². The average Bonchev–Trinajstić information content (AvgIpc) is 3.22. The molecule has 194 valence electrons. The molecule has 3 aromatic heterocycles. The molecule has 2 N–H and O–H groups in total. The number of oxazole rings is 1. The number of rotatable bonds is 6. The summed E-state index contributed by atoms with van der Waals surface area (Å²) in [5.41, 5.74) is -1.55. The predicted molar refractivity (Wildman–Crippen MR) is 131 cm³/mol. The molecule has 0 fully saturated rings. The Morgan fingerprint density at radius 2 is 1.76 bits per heavy atom. The first-order valence-electron chi connectivity index (χ1n) is 11.0. The molecule has 0 unspecified atom stereocenters. The van der Waals surface area contributed by atoms with Crippen molar-refractivity contribution in [2.45, 2.75) is 20.0 Å². The number of halogens is 4. The van der Waals surface area contributed by atoms with Crippen molar-refractivity contribution in [3.05, 3.63) is 113 Å². The summed E-state index contributed by atoms with van der Waals surface area (Å²) in [5.74, 6) is -4.56. The van der Waals surface area contributed by atoms with Gasteiger partial charge in [0, 0.05) is 24.8 Å². The maximum Gasteiger partial charge on any atom is 0.355 e. The molecule has 10 nitrogen and oxygen atoms in total. The van der Waals surface area contributed by atoms with Crippen LogP contribution in [0.2, 0.25) is 5.02 Å². The number of nitrogens with one attached hydrogen (secondary N) is 2. The molecular formula is C24H16ClF3N6O4. The maximum atomic E-state index is 13.9. The standard InChI is InChI=1S/C24H16ClF3N6O4/c1-11-30-18-7-14(25)17(8-19(18)38-11)31-22-32-23(36)34(10-13-3-2-4-29-21(13)35)24(37)33(22)9-12-5-15(26)20(28)16(27)6-12/h2-8H,9-10H2,1H3,(H,29,35)(H,31,32,36). The number of hydrogen-bond donors (Lipinski definition) is 2. The third-order valence-corrected chi connectivity index (χ3v) is 5.91. The van der Waals surface area contributed by atoms with Gasteiger partial charge in [0.25, 0.3) is 5.56 Å². The van der Waals surface area contributed by atoms with Crippen LogP contribution in [-0.2, 0) is 13.1 Å². The number of aromatic nitrogens is 5. The van der Waals surface area contributed by atoms with E-state index in [4.69, 9.17) is 16.0 Å². The van der Waals surface area contributed by atoms with Crippen molar-refractivity contribution < 1.29 is 17.6 Å². The van der Waals surface area contributed by atoms with Gasteiger partial charge in [-0.1, -0.05) is 17.7 Å². The van der Waals surface area contributed by atoms with Crippen LogP contribution in [0.3, 0.4) is 0 Å². The molecule has 3 heterocycles. The molecule has 0 aliphatic heterocycles. The summed E-state index contributed by atoms with van der Waals surface area (Å²) in [6.07, 6.45) is 1.38. The van der Waals surface area contributed by atoms with Gasteiger partial charge >= 0.3 is 11.4 Å². The predicted octanol–water partition coefficient (Wildman–Crippen LogP) is 3.45. The minimum Gasteiger partial charge on any atom is -0.441 e. The molecule has 0 saturated heterocycles. The Morgan fingerprint density at radius 1 is 1.03 bits per heavy atom. The van der Waals surface area contributed by atoms with Crippen molar-refractivity contribution in [3.63, 3.8) is 0 Å². The van der Waals surface area contributed by atoms with E-state index in [1.165, 1.54) is 30.5 Å². The van der Waals surface area contributed by atoms with Crippen LogP contribution in [0.4, 0.5) is 24.8 Å². The van der Waals surface area contributed by atoms with E-state index in [0.29, 0.717) is 33.7 Å². The van der Waals surface area contributed by atoms with Gasteiger partial charge in [-0.3, -0.25) is 9.36 Å². The number of nitrogens with zero attached hydrogens (tertiary/aromatic N) is 4. The molecule has 0 atom stereocenters. The number of benzene rings is 2. The summed E-state index contributed by atoms with van der Waals surface area (Å²) in [4.78, 5) is 49.0. The zero-order chi connectivity index (χ0) is 27.1. The average molecular weight is 545 g/mol. The first-order chi connectivity index (χ1) is 18.1. The van der Waals surface area contributed by atoms with Crippen LogP contribution in [-0.4, -0.2) is 24.1 Å².